The number of hydrogen-bond donors (Lipinski definition) is 3. The quantitative estimate of drug-likeness (QED) is 0.102. The Labute approximate surface area is 709 Å². The minimum Gasteiger partial charge on any atom is -0.356 e. The Morgan fingerprint density at radius 3 is 0.775 bits per heavy atom. The van der Waals surface area contributed by atoms with Gasteiger partial charge in [-0.25, -0.2) is 0 Å². The van der Waals surface area contributed by atoms with E-state index in [1.807, 2.05) is 52.2 Å². The molecule has 0 aliphatic heterocycles. The lowest BCUT2D eigenvalue weighted by atomic mass is 9.98. The summed E-state index contributed by atoms with van der Waals surface area (Å²) in [5.74, 6) is 0. The van der Waals surface area contributed by atoms with Crippen LogP contribution < -0.4 is 16.0 Å². The summed E-state index contributed by atoms with van der Waals surface area (Å²) in [4.78, 5) is 0. The van der Waals surface area contributed by atoms with Gasteiger partial charge in [0, 0.05) is 94.6 Å². The molecular formula is C114H77N3S3. The van der Waals surface area contributed by atoms with Gasteiger partial charge in [-0.05, 0) is 218 Å². The fourth-order valence-corrected chi connectivity index (χ4v) is 20.6. The Hall–Kier alpha value is -14.8. The normalized spacial score (nSPS) is 11.3. The van der Waals surface area contributed by atoms with Gasteiger partial charge in [-0.15, -0.1) is 34.0 Å². The van der Waals surface area contributed by atoms with E-state index in [9.17, 15) is 0 Å². The summed E-state index contributed by atoms with van der Waals surface area (Å²) in [6, 6.07) is 161. The standard InChI is InChI=1S/2C40H27NS.C34H23NS/c1-2-7-27(8-3-1)29-17-22-33(23-18-29)41-34-24-19-30(20-25-34)28-13-15-32(16-14-28)36-11-6-12-37-39-35-10-5-4-9-31(35)21-26-38(39)42-40(36)37;1-2-6-27(7-3-1)29-14-20-34(21-15-29)41-35-22-16-30(17-23-35)28-10-12-31(13-11-28)33-19-25-39-38(26-33)37-24-18-32-8-4-5-9-36(32)40(37)42-39;1-2-7-23(8-3-1)24-13-18-27(19-14-24)35-28-20-15-26(16-21-28)30-11-6-12-31-33-29-10-5-4-9-25(29)17-22-32(33)36-34(30)31/h2*1-26,41H;1-22,35H. The van der Waals surface area contributed by atoms with Gasteiger partial charge in [-0.3, -0.25) is 0 Å². The van der Waals surface area contributed by atoms with Crippen LogP contribution in [0.1, 0.15) is 0 Å². The number of thiophene rings is 3. The van der Waals surface area contributed by atoms with Crippen molar-refractivity contribution in [2.75, 3.05) is 16.0 Å². The average Bonchev–Trinajstić information content (AvgIpc) is 1.60. The molecule has 0 spiro atoms. The SMILES string of the molecule is c1ccc(-c2ccc(Nc3ccc(-c4ccc(-c5ccc6sc7c8ccccc8ccc7c6c5)cc4)cc3)cc2)cc1.c1ccc(-c2ccc(Nc3ccc(-c4ccc(-c5cccc6c5sc5ccc7ccccc7c56)cc4)cc3)cc2)cc1.c1ccc(-c2ccc(Nc3ccc(-c4cccc5c4sc4ccc6ccccc6c45)cc3)cc2)cc1. The highest BCUT2D eigenvalue weighted by Gasteiger charge is 2.18. The molecule has 0 unspecified atom stereocenters. The molecular weight excluding hydrogens is 1510 g/mol. The summed E-state index contributed by atoms with van der Waals surface area (Å²) in [5.41, 5.74) is 26.2. The molecule has 3 heterocycles. The third-order valence-corrected chi connectivity index (χ3v) is 26.7. The summed E-state index contributed by atoms with van der Waals surface area (Å²) >= 11 is 5.67. The number of anilines is 6. The number of benzene rings is 20. The smallest absolute Gasteiger partial charge is 0.0434 e. The zero-order valence-corrected chi connectivity index (χ0v) is 67.9. The van der Waals surface area contributed by atoms with Crippen LogP contribution in [0.4, 0.5) is 34.1 Å². The summed E-state index contributed by atoms with van der Waals surface area (Å²) in [6.07, 6.45) is 0. The van der Waals surface area contributed by atoms with E-state index in [1.165, 1.54) is 182 Å². The lowest BCUT2D eigenvalue weighted by molar-refractivity contribution is 1.53. The largest absolute Gasteiger partial charge is 0.356 e. The van der Waals surface area contributed by atoms with E-state index >= 15 is 0 Å². The van der Waals surface area contributed by atoms with Crippen molar-refractivity contribution in [3.8, 4) is 89.0 Å². The molecule has 0 bridgehead atoms. The van der Waals surface area contributed by atoms with E-state index in [4.69, 9.17) is 0 Å². The van der Waals surface area contributed by atoms with Crippen molar-refractivity contribution in [1.29, 1.82) is 0 Å². The number of rotatable bonds is 14. The van der Waals surface area contributed by atoms with Gasteiger partial charge in [-0.2, -0.15) is 0 Å². The number of hydrogen-bond acceptors (Lipinski definition) is 6. The topological polar surface area (TPSA) is 36.1 Å². The Morgan fingerprint density at radius 2 is 0.400 bits per heavy atom. The Kier molecular flexibility index (Phi) is 19.7. The predicted molar refractivity (Wildman–Crippen MR) is 523 cm³/mol. The highest BCUT2D eigenvalue weighted by atomic mass is 32.1. The second kappa shape index (κ2) is 32.4. The first kappa shape index (κ1) is 72.9. The molecule has 0 fully saturated rings. The molecule has 0 aliphatic rings. The van der Waals surface area contributed by atoms with Crippen molar-refractivity contribution in [1.82, 2.24) is 0 Å². The first-order chi connectivity index (χ1) is 59.4. The van der Waals surface area contributed by atoms with Gasteiger partial charge < -0.3 is 16.0 Å². The monoisotopic (exact) mass is 1580 g/mol. The van der Waals surface area contributed by atoms with Gasteiger partial charge in [0.2, 0.25) is 0 Å². The molecule has 23 aromatic rings. The highest BCUT2D eigenvalue weighted by molar-refractivity contribution is 7.27. The van der Waals surface area contributed by atoms with Crippen LogP contribution in [0.5, 0.6) is 0 Å². The zero-order chi connectivity index (χ0) is 79.7. The molecule has 3 nitrogen and oxygen atoms in total. The predicted octanol–water partition coefficient (Wildman–Crippen LogP) is 34.2. The molecule has 23 rings (SSSR count). The molecule has 0 saturated carbocycles. The Balaban J connectivity index is 0.000000112. The number of nitrogens with one attached hydrogen (secondary N) is 3. The third-order valence-electron chi connectivity index (χ3n) is 23.0. The van der Waals surface area contributed by atoms with Crippen molar-refractivity contribution in [2.24, 2.45) is 0 Å². The van der Waals surface area contributed by atoms with Crippen LogP contribution in [0.25, 0.3) is 182 Å². The van der Waals surface area contributed by atoms with E-state index in [0.717, 1.165) is 34.1 Å². The summed E-state index contributed by atoms with van der Waals surface area (Å²) in [5, 5.41) is 26.6. The van der Waals surface area contributed by atoms with Gasteiger partial charge in [0.1, 0.15) is 0 Å². The van der Waals surface area contributed by atoms with Crippen molar-refractivity contribution in [3.05, 3.63) is 449 Å². The van der Waals surface area contributed by atoms with E-state index in [1.54, 1.807) is 0 Å². The maximum absolute atomic E-state index is 3.54. The zero-order valence-electron chi connectivity index (χ0n) is 65.4. The van der Waals surface area contributed by atoms with Crippen LogP contribution in [-0.4, -0.2) is 0 Å². The Morgan fingerprint density at radius 1 is 0.142 bits per heavy atom. The van der Waals surface area contributed by atoms with Gasteiger partial charge in [0.05, 0.1) is 0 Å². The minimum atomic E-state index is 1.08. The average molecular weight is 1590 g/mol. The van der Waals surface area contributed by atoms with Gasteiger partial charge in [0.15, 0.2) is 0 Å². The lowest BCUT2D eigenvalue weighted by Gasteiger charge is -2.10. The van der Waals surface area contributed by atoms with Crippen LogP contribution in [0.15, 0.2) is 449 Å². The maximum Gasteiger partial charge on any atom is 0.0434 e. The molecule has 0 radical (unpaired) electrons. The molecule has 0 atom stereocenters. The third kappa shape index (κ3) is 14.8. The van der Waals surface area contributed by atoms with Crippen LogP contribution >= 0.6 is 34.0 Å². The summed E-state index contributed by atoms with van der Waals surface area (Å²) in [7, 11) is 0. The van der Waals surface area contributed by atoms with E-state index in [0.29, 0.717) is 0 Å². The fourth-order valence-electron chi connectivity index (χ4n) is 16.8. The van der Waals surface area contributed by atoms with Gasteiger partial charge in [0.25, 0.3) is 0 Å². The lowest BCUT2D eigenvalue weighted by Crippen LogP contribution is -1.90. The first-order valence-corrected chi connectivity index (χ1v) is 43.2. The van der Waals surface area contributed by atoms with Crippen molar-refractivity contribution < 1.29 is 0 Å². The van der Waals surface area contributed by atoms with E-state index in [2.05, 4.69) is 447 Å². The molecule has 6 heteroatoms. The van der Waals surface area contributed by atoms with Crippen LogP contribution in [0.3, 0.4) is 0 Å². The van der Waals surface area contributed by atoms with Crippen LogP contribution in [0.2, 0.25) is 0 Å². The van der Waals surface area contributed by atoms with Crippen LogP contribution in [-0.2, 0) is 0 Å². The van der Waals surface area contributed by atoms with Crippen molar-refractivity contribution in [3.63, 3.8) is 0 Å². The van der Waals surface area contributed by atoms with Crippen molar-refractivity contribution >= 4 is 161 Å². The fraction of sp³-hybridized carbons (Fsp3) is 0. The molecule has 120 heavy (non-hydrogen) atoms. The molecule has 20 aromatic carbocycles. The molecule has 3 aromatic heterocycles. The van der Waals surface area contributed by atoms with Crippen LogP contribution in [0, 0.1) is 0 Å². The second-order valence-electron chi connectivity index (χ2n) is 30.5. The molecule has 3 N–H and O–H groups in total. The molecule has 0 aliphatic carbocycles. The Bertz CT molecular complexity index is 7630. The van der Waals surface area contributed by atoms with E-state index in [-0.39, 0.29) is 0 Å². The number of fused-ring (bicyclic) bond motifs is 15. The molecule has 0 saturated heterocycles. The summed E-state index contributed by atoms with van der Waals surface area (Å²) < 4.78 is 8.09. The minimum absolute atomic E-state index is 1.08. The van der Waals surface area contributed by atoms with Gasteiger partial charge >= 0.3 is 0 Å². The highest BCUT2D eigenvalue weighted by Crippen LogP contribution is 2.47. The maximum atomic E-state index is 3.54. The first-order valence-electron chi connectivity index (χ1n) is 40.7. The summed E-state index contributed by atoms with van der Waals surface area (Å²) in [6.45, 7) is 0. The van der Waals surface area contributed by atoms with E-state index < -0.39 is 0 Å². The molecule has 0 amide bonds. The van der Waals surface area contributed by atoms with Crippen molar-refractivity contribution in [2.45, 2.75) is 0 Å². The molecule has 566 valence electrons. The van der Waals surface area contributed by atoms with Gasteiger partial charge in [-0.1, -0.05) is 352 Å². The second-order valence-corrected chi connectivity index (χ2v) is 33.6.